The van der Waals surface area contributed by atoms with Crippen molar-refractivity contribution in [1.29, 1.82) is 0 Å². The third-order valence-corrected chi connectivity index (χ3v) is 4.22. The second-order valence-corrected chi connectivity index (χ2v) is 6.28. The largest absolute Gasteiger partial charge is 0.466 e. The Hall–Kier alpha value is -1.38. The summed E-state index contributed by atoms with van der Waals surface area (Å²) in [6.07, 6.45) is 7.68. The molecule has 0 aliphatic heterocycles. The average molecular weight is 278 g/mol. The first-order valence-electron chi connectivity index (χ1n) is 7.32. The normalized spacial score (nSPS) is 22.4. The molecule has 1 saturated carbocycles. The molecule has 0 N–H and O–H groups in total. The Morgan fingerprint density at radius 3 is 2.75 bits per heavy atom. The van der Waals surface area contributed by atoms with Crippen molar-refractivity contribution >= 4 is 12.3 Å². The molecule has 0 radical (unpaired) electrons. The molecule has 0 heterocycles. The first-order valence-corrected chi connectivity index (χ1v) is 7.32. The highest BCUT2D eigenvalue weighted by Gasteiger charge is 2.33. The van der Waals surface area contributed by atoms with Crippen LogP contribution < -0.4 is 0 Å². The molecule has 0 aromatic rings. The van der Waals surface area contributed by atoms with E-state index in [9.17, 15) is 9.59 Å². The van der Waals surface area contributed by atoms with Crippen molar-refractivity contribution in [2.75, 3.05) is 6.61 Å². The molecule has 1 aliphatic rings. The van der Waals surface area contributed by atoms with Gasteiger partial charge in [0.15, 0.2) is 0 Å². The Morgan fingerprint density at radius 2 is 2.20 bits per heavy atom. The van der Waals surface area contributed by atoms with Crippen molar-refractivity contribution in [1.82, 2.24) is 0 Å². The van der Waals surface area contributed by atoms with Gasteiger partial charge in [-0.2, -0.15) is 0 Å². The third-order valence-electron chi connectivity index (χ3n) is 4.22. The molecule has 3 heteroatoms. The standard InChI is InChI=1S/C17H26O3/c1-13-6-5-10-17(3,4)16(13)8-7-15(12-18)9-11-20-14(2)19/h7,12,16H,1,5-6,8-11H2,2-4H3. The number of carbonyl (C=O) groups is 2. The van der Waals surface area contributed by atoms with Crippen LogP contribution in [0.3, 0.4) is 0 Å². The second-order valence-electron chi connectivity index (χ2n) is 6.28. The quantitative estimate of drug-likeness (QED) is 0.321. The first kappa shape index (κ1) is 16.7. The van der Waals surface area contributed by atoms with Crippen LogP contribution >= 0.6 is 0 Å². The SMILES string of the molecule is C=C1CCCC(C)(C)C1CC=C(C=O)CCOC(C)=O. The fourth-order valence-electron chi connectivity index (χ4n) is 2.95. The lowest BCUT2D eigenvalue weighted by Crippen LogP contribution is -2.29. The maximum Gasteiger partial charge on any atom is 0.302 e. The number of hydrogen-bond donors (Lipinski definition) is 0. The summed E-state index contributed by atoms with van der Waals surface area (Å²) in [6.45, 7) is 10.4. The Bertz CT molecular complexity index is 404. The summed E-state index contributed by atoms with van der Waals surface area (Å²) in [4.78, 5) is 21.8. The molecule has 1 fully saturated rings. The van der Waals surface area contributed by atoms with Gasteiger partial charge in [0, 0.05) is 13.3 Å². The first-order chi connectivity index (χ1) is 9.36. The summed E-state index contributed by atoms with van der Waals surface area (Å²) in [5.74, 6) is 0.122. The van der Waals surface area contributed by atoms with E-state index in [1.54, 1.807) is 0 Å². The molecule has 0 aromatic heterocycles. The molecule has 20 heavy (non-hydrogen) atoms. The predicted octanol–water partition coefficient (Wildman–Crippen LogP) is 3.84. The van der Waals surface area contributed by atoms with Gasteiger partial charge < -0.3 is 4.74 Å². The lowest BCUT2D eigenvalue weighted by atomic mass is 9.65. The molecular weight excluding hydrogens is 252 g/mol. The van der Waals surface area contributed by atoms with Gasteiger partial charge >= 0.3 is 5.97 Å². The van der Waals surface area contributed by atoms with E-state index in [1.165, 1.54) is 25.3 Å². The fourth-order valence-corrected chi connectivity index (χ4v) is 2.95. The molecule has 112 valence electrons. The predicted molar refractivity (Wildman–Crippen MR) is 80.3 cm³/mol. The summed E-state index contributed by atoms with van der Waals surface area (Å²) < 4.78 is 4.87. The minimum Gasteiger partial charge on any atom is -0.466 e. The number of rotatable bonds is 6. The van der Waals surface area contributed by atoms with Crippen molar-refractivity contribution in [3.63, 3.8) is 0 Å². The number of allylic oxidation sites excluding steroid dienone is 2. The zero-order valence-electron chi connectivity index (χ0n) is 12.9. The minimum absolute atomic E-state index is 0.246. The zero-order chi connectivity index (χ0) is 15.2. The van der Waals surface area contributed by atoms with Crippen LogP contribution in [0.15, 0.2) is 23.8 Å². The zero-order valence-corrected chi connectivity index (χ0v) is 12.9. The van der Waals surface area contributed by atoms with Gasteiger partial charge in [0.25, 0.3) is 0 Å². The van der Waals surface area contributed by atoms with Crippen LogP contribution in [0, 0.1) is 11.3 Å². The molecule has 3 nitrogen and oxygen atoms in total. The van der Waals surface area contributed by atoms with Crippen molar-refractivity contribution in [2.45, 2.75) is 52.9 Å². The van der Waals surface area contributed by atoms with Crippen molar-refractivity contribution < 1.29 is 14.3 Å². The molecule has 0 spiro atoms. The van der Waals surface area contributed by atoms with Gasteiger partial charge in [-0.3, -0.25) is 9.59 Å². The number of hydrogen-bond acceptors (Lipinski definition) is 3. The topological polar surface area (TPSA) is 43.4 Å². The van der Waals surface area contributed by atoms with E-state index in [2.05, 4.69) is 20.4 Å². The van der Waals surface area contributed by atoms with Crippen molar-refractivity contribution in [2.24, 2.45) is 11.3 Å². The number of aldehydes is 1. The van der Waals surface area contributed by atoms with Crippen LogP contribution in [-0.2, 0) is 14.3 Å². The third kappa shape index (κ3) is 4.95. The molecular formula is C17H26O3. The lowest BCUT2D eigenvalue weighted by molar-refractivity contribution is -0.140. The molecule has 0 aromatic carbocycles. The van der Waals surface area contributed by atoms with Crippen LogP contribution in [0.1, 0.15) is 52.9 Å². The Morgan fingerprint density at radius 1 is 1.50 bits per heavy atom. The summed E-state index contributed by atoms with van der Waals surface area (Å²) in [5, 5.41) is 0. The maximum atomic E-state index is 11.1. The van der Waals surface area contributed by atoms with E-state index < -0.39 is 0 Å². The van der Waals surface area contributed by atoms with Crippen LogP contribution in [0.2, 0.25) is 0 Å². The van der Waals surface area contributed by atoms with Crippen LogP contribution in [0.4, 0.5) is 0 Å². The Balaban J connectivity index is 2.59. The van der Waals surface area contributed by atoms with E-state index in [0.29, 0.717) is 17.9 Å². The summed E-state index contributed by atoms with van der Waals surface area (Å²) in [7, 11) is 0. The van der Waals surface area contributed by atoms with E-state index in [-0.39, 0.29) is 18.0 Å². The van der Waals surface area contributed by atoms with Crippen LogP contribution in [0.5, 0.6) is 0 Å². The average Bonchev–Trinajstić information content (AvgIpc) is 2.34. The molecule has 0 bridgehead atoms. The maximum absolute atomic E-state index is 11.1. The number of carbonyl (C=O) groups excluding carboxylic acids is 2. The monoisotopic (exact) mass is 278 g/mol. The highest BCUT2D eigenvalue weighted by molar-refractivity contribution is 5.73. The van der Waals surface area contributed by atoms with Gasteiger partial charge in [-0.15, -0.1) is 0 Å². The molecule has 0 amide bonds. The minimum atomic E-state index is -0.308. The van der Waals surface area contributed by atoms with Gasteiger partial charge in [-0.25, -0.2) is 0 Å². The Labute approximate surface area is 122 Å². The second kappa shape index (κ2) is 7.41. The molecule has 1 aliphatic carbocycles. The molecule has 1 atom stereocenters. The van der Waals surface area contributed by atoms with Gasteiger partial charge in [0.05, 0.1) is 6.61 Å². The van der Waals surface area contributed by atoms with Gasteiger partial charge in [0.2, 0.25) is 0 Å². The van der Waals surface area contributed by atoms with E-state index in [0.717, 1.165) is 19.1 Å². The highest BCUT2D eigenvalue weighted by Crippen LogP contribution is 2.45. The van der Waals surface area contributed by atoms with Crippen molar-refractivity contribution in [3.05, 3.63) is 23.8 Å². The highest BCUT2D eigenvalue weighted by atomic mass is 16.5. The van der Waals surface area contributed by atoms with Gasteiger partial charge in [-0.05, 0) is 42.6 Å². The number of ether oxygens (including phenoxy) is 1. The lowest BCUT2D eigenvalue weighted by Gasteiger charge is -2.40. The molecule has 1 unspecified atom stereocenters. The van der Waals surface area contributed by atoms with Crippen LogP contribution in [0.25, 0.3) is 0 Å². The number of esters is 1. The van der Waals surface area contributed by atoms with E-state index in [4.69, 9.17) is 4.74 Å². The van der Waals surface area contributed by atoms with Gasteiger partial charge in [-0.1, -0.05) is 32.1 Å². The smallest absolute Gasteiger partial charge is 0.302 e. The fraction of sp³-hybridized carbons (Fsp3) is 0.647. The summed E-state index contributed by atoms with van der Waals surface area (Å²) >= 11 is 0. The van der Waals surface area contributed by atoms with E-state index >= 15 is 0 Å². The summed E-state index contributed by atoms with van der Waals surface area (Å²) in [5.41, 5.74) is 2.25. The van der Waals surface area contributed by atoms with Crippen LogP contribution in [-0.4, -0.2) is 18.9 Å². The van der Waals surface area contributed by atoms with E-state index in [1.807, 2.05) is 6.08 Å². The Kier molecular flexibility index (Phi) is 6.18. The molecule has 0 saturated heterocycles. The van der Waals surface area contributed by atoms with Crippen molar-refractivity contribution in [3.8, 4) is 0 Å². The molecule has 1 rings (SSSR count). The summed E-state index contributed by atoms with van der Waals surface area (Å²) in [6, 6.07) is 0. The van der Waals surface area contributed by atoms with Gasteiger partial charge in [0.1, 0.15) is 6.29 Å².